The van der Waals surface area contributed by atoms with E-state index in [9.17, 15) is 4.79 Å². The van der Waals surface area contributed by atoms with E-state index in [4.69, 9.17) is 4.74 Å². The van der Waals surface area contributed by atoms with Gasteiger partial charge in [0.2, 0.25) is 0 Å². The molecule has 0 saturated carbocycles. The van der Waals surface area contributed by atoms with Gasteiger partial charge >= 0.3 is 5.97 Å². The van der Waals surface area contributed by atoms with Crippen LogP contribution in [0.2, 0.25) is 0 Å². The number of fused-ring (bicyclic) bond motifs is 1. The number of esters is 1. The lowest BCUT2D eigenvalue weighted by Crippen LogP contribution is -2.37. The zero-order valence-corrected chi connectivity index (χ0v) is 19.5. The van der Waals surface area contributed by atoms with Crippen molar-refractivity contribution in [2.45, 2.75) is 51.4 Å². The van der Waals surface area contributed by atoms with E-state index in [1.807, 2.05) is 6.92 Å². The van der Waals surface area contributed by atoms with E-state index in [2.05, 4.69) is 64.4 Å². The van der Waals surface area contributed by atoms with Gasteiger partial charge in [0.15, 0.2) is 0 Å². The minimum atomic E-state index is -0.0906. The van der Waals surface area contributed by atoms with E-state index < -0.39 is 0 Å². The molecule has 2 heterocycles. The number of carbonyl (C=O) groups is 1. The van der Waals surface area contributed by atoms with Gasteiger partial charge in [-0.25, -0.2) is 0 Å². The van der Waals surface area contributed by atoms with Gasteiger partial charge in [0.05, 0.1) is 0 Å². The normalized spacial score (nSPS) is 19.9. The number of anilines is 1. The van der Waals surface area contributed by atoms with Gasteiger partial charge in [0.1, 0.15) is 6.61 Å². The van der Waals surface area contributed by atoms with Crippen LogP contribution in [0.3, 0.4) is 0 Å². The number of likely N-dealkylation sites (tertiary alicyclic amines) is 1. The fraction of sp³-hybridized carbons (Fsp3) is 0.536. The Hall–Kier alpha value is -2.33. The second-order valence-corrected chi connectivity index (χ2v) is 9.30. The summed E-state index contributed by atoms with van der Waals surface area (Å²) in [6, 6.07) is 20.1. The van der Waals surface area contributed by atoms with Crippen molar-refractivity contribution in [2.24, 2.45) is 5.92 Å². The Morgan fingerprint density at radius 2 is 1.69 bits per heavy atom. The van der Waals surface area contributed by atoms with E-state index in [0.29, 0.717) is 18.9 Å². The summed E-state index contributed by atoms with van der Waals surface area (Å²) in [6.07, 6.45) is 6.70. The summed E-state index contributed by atoms with van der Waals surface area (Å²) >= 11 is 0. The van der Waals surface area contributed by atoms with Gasteiger partial charge < -0.3 is 9.64 Å². The molecule has 2 aliphatic heterocycles. The smallest absolute Gasteiger partial charge is 0.305 e. The lowest BCUT2D eigenvalue weighted by Gasteiger charge is -2.33. The second-order valence-electron chi connectivity index (χ2n) is 9.30. The first kappa shape index (κ1) is 22.8. The second kappa shape index (κ2) is 11.5. The van der Waals surface area contributed by atoms with Crippen LogP contribution in [0.25, 0.3) is 0 Å². The molecule has 2 aliphatic rings. The first-order valence-electron chi connectivity index (χ1n) is 12.5. The minimum absolute atomic E-state index is 0.0906. The number of hydrogen-bond acceptors (Lipinski definition) is 4. The van der Waals surface area contributed by atoms with Crippen LogP contribution in [0.5, 0.6) is 0 Å². The number of nitrogens with zero attached hydrogens (tertiary/aromatic N) is 2. The highest BCUT2D eigenvalue weighted by molar-refractivity contribution is 5.68. The molecule has 4 heteroatoms. The summed E-state index contributed by atoms with van der Waals surface area (Å²) in [5.41, 5.74) is 4.38. The summed E-state index contributed by atoms with van der Waals surface area (Å²) < 4.78 is 5.25. The summed E-state index contributed by atoms with van der Waals surface area (Å²) in [5, 5.41) is 0. The summed E-state index contributed by atoms with van der Waals surface area (Å²) in [6.45, 7) is 7.81. The van der Waals surface area contributed by atoms with Gasteiger partial charge in [0, 0.05) is 37.7 Å². The molecule has 0 spiro atoms. The molecule has 0 amide bonds. The Morgan fingerprint density at radius 1 is 0.938 bits per heavy atom. The maximum atomic E-state index is 11.3. The molecule has 0 aliphatic carbocycles. The quantitative estimate of drug-likeness (QED) is 0.516. The van der Waals surface area contributed by atoms with Gasteiger partial charge in [-0.15, -0.1) is 0 Å². The number of hydrogen-bond donors (Lipinski definition) is 0. The van der Waals surface area contributed by atoms with Crippen LogP contribution in [0, 0.1) is 5.92 Å². The standard InChI is InChI=1S/C28H38N2O2/c1-2-28(31)32-22-21-29-18-14-23(15-19-29)16-20-30-17-8-12-25(24-9-4-3-5-10-24)26-11-6-7-13-27(26)30/h3-7,9-11,13,23,25H,2,8,12,14-22H2,1H3. The number of carbonyl (C=O) groups excluding carboxylic acids is 1. The molecule has 4 rings (SSSR count). The van der Waals surface area contributed by atoms with Crippen molar-refractivity contribution >= 4 is 11.7 Å². The Morgan fingerprint density at radius 3 is 2.47 bits per heavy atom. The summed E-state index contributed by atoms with van der Waals surface area (Å²) in [7, 11) is 0. The molecule has 0 bridgehead atoms. The molecule has 2 aromatic carbocycles. The van der Waals surface area contributed by atoms with Crippen LogP contribution < -0.4 is 4.90 Å². The predicted octanol–water partition coefficient (Wildman–Crippen LogP) is 5.47. The molecule has 1 unspecified atom stereocenters. The monoisotopic (exact) mass is 434 g/mol. The van der Waals surface area contributed by atoms with Crippen molar-refractivity contribution in [3.63, 3.8) is 0 Å². The lowest BCUT2D eigenvalue weighted by molar-refractivity contribution is -0.143. The molecule has 1 fully saturated rings. The van der Waals surface area contributed by atoms with Crippen LogP contribution in [0.4, 0.5) is 5.69 Å². The zero-order valence-electron chi connectivity index (χ0n) is 19.5. The molecule has 0 radical (unpaired) electrons. The zero-order chi connectivity index (χ0) is 22.2. The van der Waals surface area contributed by atoms with Gasteiger partial charge in [-0.05, 0) is 68.3 Å². The molecule has 2 aromatic rings. The Kier molecular flexibility index (Phi) is 8.22. The van der Waals surface area contributed by atoms with Crippen LogP contribution in [-0.2, 0) is 9.53 Å². The van der Waals surface area contributed by atoms with Crippen molar-refractivity contribution in [3.05, 3.63) is 65.7 Å². The maximum absolute atomic E-state index is 11.3. The van der Waals surface area contributed by atoms with Crippen molar-refractivity contribution in [3.8, 4) is 0 Å². The fourth-order valence-corrected chi connectivity index (χ4v) is 5.32. The first-order valence-corrected chi connectivity index (χ1v) is 12.5. The van der Waals surface area contributed by atoms with Crippen LogP contribution >= 0.6 is 0 Å². The number of piperidine rings is 1. The Balaban J connectivity index is 1.30. The molecule has 1 atom stereocenters. The Labute approximate surface area is 193 Å². The third kappa shape index (κ3) is 5.92. The molecule has 4 nitrogen and oxygen atoms in total. The van der Waals surface area contributed by atoms with Gasteiger partial charge in [0.25, 0.3) is 0 Å². The van der Waals surface area contributed by atoms with E-state index in [-0.39, 0.29) is 5.97 Å². The van der Waals surface area contributed by atoms with Crippen LogP contribution in [-0.4, -0.2) is 50.2 Å². The molecular formula is C28H38N2O2. The fourth-order valence-electron chi connectivity index (χ4n) is 5.32. The summed E-state index contributed by atoms with van der Waals surface area (Å²) in [5.74, 6) is 1.21. The van der Waals surface area contributed by atoms with E-state index in [1.165, 1.54) is 48.9 Å². The Bertz CT molecular complexity index is 846. The third-order valence-corrected chi connectivity index (χ3v) is 7.25. The molecule has 0 aromatic heterocycles. The van der Waals surface area contributed by atoms with Crippen molar-refractivity contribution in [2.75, 3.05) is 44.2 Å². The van der Waals surface area contributed by atoms with E-state index in [0.717, 1.165) is 38.6 Å². The highest BCUT2D eigenvalue weighted by Gasteiger charge is 2.25. The molecule has 0 N–H and O–H groups in total. The van der Waals surface area contributed by atoms with E-state index in [1.54, 1.807) is 0 Å². The predicted molar refractivity (Wildman–Crippen MR) is 131 cm³/mol. The van der Waals surface area contributed by atoms with Gasteiger partial charge in [-0.2, -0.15) is 0 Å². The molecule has 172 valence electrons. The lowest BCUT2D eigenvalue weighted by atomic mass is 9.87. The summed E-state index contributed by atoms with van der Waals surface area (Å²) in [4.78, 5) is 16.4. The number of ether oxygens (including phenoxy) is 1. The van der Waals surface area contributed by atoms with Gasteiger partial charge in [-0.1, -0.05) is 55.5 Å². The van der Waals surface area contributed by atoms with Crippen molar-refractivity contribution < 1.29 is 9.53 Å². The van der Waals surface area contributed by atoms with Crippen molar-refractivity contribution in [1.29, 1.82) is 0 Å². The topological polar surface area (TPSA) is 32.8 Å². The maximum Gasteiger partial charge on any atom is 0.305 e. The highest BCUT2D eigenvalue weighted by Crippen LogP contribution is 2.38. The molecule has 1 saturated heterocycles. The third-order valence-electron chi connectivity index (χ3n) is 7.25. The average molecular weight is 435 g/mol. The highest BCUT2D eigenvalue weighted by atomic mass is 16.5. The number of para-hydroxylation sites is 1. The van der Waals surface area contributed by atoms with Crippen molar-refractivity contribution in [1.82, 2.24) is 4.90 Å². The minimum Gasteiger partial charge on any atom is -0.464 e. The van der Waals surface area contributed by atoms with E-state index >= 15 is 0 Å². The first-order chi connectivity index (χ1) is 15.7. The van der Waals surface area contributed by atoms with Crippen LogP contribution in [0.15, 0.2) is 54.6 Å². The average Bonchev–Trinajstić information content (AvgIpc) is 3.03. The SMILES string of the molecule is CCC(=O)OCCN1CCC(CCN2CCCC(c3ccccc3)c3ccccc32)CC1. The largest absolute Gasteiger partial charge is 0.464 e. The molecule has 32 heavy (non-hydrogen) atoms. The number of rotatable bonds is 8. The van der Waals surface area contributed by atoms with Gasteiger partial charge in [-0.3, -0.25) is 9.69 Å². The number of benzene rings is 2. The molecular weight excluding hydrogens is 396 g/mol. The van der Waals surface area contributed by atoms with Crippen LogP contribution in [0.1, 0.15) is 62.5 Å².